The highest BCUT2D eigenvalue weighted by molar-refractivity contribution is 6.31. The van der Waals surface area contributed by atoms with Gasteiger partial charge < -0.3 is 4.74 Å². The van der Waals surface area contributed by atoms with Crippen molar-refractivity contribution < 1.29 is 19.1 Å². The fourth-order valence-corrected chi connectivity index (χ4v) is 1.75. The van der Waals surface area contributed by atoms with Crippen molar-refractivity contribution in [2.45, 2.75) is 13.5 Å². The summed E-state index contributed by atoms with van der Waals surface area (Å²) < 4.78 is 5.36. The third kappa shape index (κ3) is 2.85. The second-order valence-electron chi connectivity index (χ2n) is 4.10. The fourth-order valence-electron chi connectivity index (χ4n) is 1.75. The predicted molar refractivity (Wildman–Crippen MR) is 68.1 cm³/mol. The minimum atomic E-state index is -0.491. The van der Waals surface area contributed by atoms with E-state index in [1.165, 1.54) is 6.92 Å². The minimum Gasteiger partial charge on any atom is -0.484 e. The van der Waals surface area contributed by atoms with E-state index in [-0.39, 0.29) is 17.9 Å². The van der Waals surface area contributed by atoms with Crippen LogP contribution < -0.4 is 0 Å². The maximum atomic E-state index is 11.7. The molecule has 0 radical (unpaired) electrons. The van der Waals surface area contributed by atoms with E-state index >= 15 is 0 Å². The van der Waals surface area contributed by atoms with Crippen LogP contribution in [-0.2, 0) is 25.7 Å². The van der Waals surface area contributed by atoms with Crippen LogP contribution in [0.5, 0.6) is 0 Å². The third-order valence-corrected chi connectivity index (χ3v) is 2.66. The number of carbonyl (C=O) groups is 3. The molecule has 0 bridgehead atoms. The average Bonchev–Trinajstić information content (AvgIpc) is 2.40. The number of hydrogen-bond donors (Lipinski definition) is 0. The summed E-state index contributed by atoms with van der Waals surface area (Å²) in [4.78, 5) is 34.7. The van der Waals surface area contributed by atoms with Crippen molar-refractivity contribution in [2.75, 3.05) is 0 Å². The zero-order chi connectivity index (χ0) is 13.8. The van der Waals surface area contributed by atoms with E-state index in [0.29, 0.717) is 0 Å². The van der Waals surface area contributed by atoms with Crippen LogP contribution in [0.3, 0.4) is 0 Å². The Labute approximate surface area is 110 Å². The molecule has 0 saturated carbocycles. The van der Waals surface area contributed by atoms with Crippen LogP contribution in [0.1, 0.15) is 12.5 Å². The van der Waals surface area contributed by atoms with Crippen molar-refractivity contribution in [2.24, 2.45) is 0 Å². The van der Waals surface area contributed by atoms with Gasteiger partial charge in [0.25, 0.3) is 0 Å². The number of carbonyl (C=O) groups excluding carboxylic acids is 3. The van der Waals surface area contributed by atoms with Gasteiger partial charge in [0, 0.05) is 0 Å². The summed E-state index contributed by atoms with van der Waals surface area (Å²) in [5.74, 6) is -1.58. The van der Waals surface area contributed by atoms with Crippen molar-refractivity contribution in [1.82, 2.24) is 0 Å². The van der Waals surface area contributed by atoms with Gasteiger partial charge in [0.1, 0.15) is 12.2 Å². The Balaban J connectivity index is 2.24. The van der Waals surface area contributed by atoms with Crippen LogP contribution >= 0.6 is 0 Å². The first-order chi connectivity index (χ1) is 9.09. The SMILES string of the molecule is CC(=O)C1=C(OCc2ccccc2)C(=O)C=CC1=O. The molecule has 0 saturated heterocycles. The predicted octanol–water partition coefficient (Wildman–Crippen LogP) is 1.75. The molecular weight excluding hydrogens is 244 g/mol. The van der Waals surface area contributed by atoms with Crippen molar-refractivity contribution in [3.63, 3.8) is 0 Å². The van der Waals surface area contributed by atoms with E-state index in [1.807, 2.05) is 30.3 Å². The van der Waals surface area contributed by atoms with Crippen LogP contribution in [0.4, 0.5) is 0 Å². The molecule has 0 heterocycles. The van der Waals surface area contributed by atoms with Crippen molar-refractivity contribution in [3.05, 3.63) is 59.4 Å². The zero-order valence-electron chi connectivity index (χ0n) is 10.4. The number of benzene rings is 1. The Morgan fingerprint density at radius 3 is 2.32 bits per heavy atom. The molecule has 4 heteroatoms. The lowest BCUT2D eigenvalue weighted by Gasteiger charge is -2.14. The monoisotopic (exact) mass is 256 g/mol. The largest absolute Gasteiger partial charge is 0.484 e. The lowest BCUT2D eigenvalue weighted by molar-refractivity contribution is -0.122. The Bertz CT molecular complexity index is 594. The molecule has 0 aromatic heterocycles. The Morgan fingerprint density at radius 1 is 1.05 bits per heavy atom. The van der Waals surface area contributed by atoms with E-state index in [4.69, 9.17) is 4.74 Å². The average molecular weight is 256 g/mol. The number of ether oxygens (including phenoxy) is 1. The number of hydrogen-bond acceptors (Lipinski definition) is 4. The summed E-state index contributed by atoms with van der Waals surface area (Å²) in [6.45, 7) is 1.38. The summed E-state index contributed by atoms with van der Waals surface area (Å²) in [6.07, 6.45) is 2.21. The molecule has 0 amide bonds. The highest BCUT2D eigenvalue weighted by atomic mass is 16.5. The van der Waals surface area contributed by atoms with Gasteiger partial charge in [-0.05, 0) is 24.6 Å². The Kier molecular flexibility index (Phi) is 3.71. The standard InChI is InChI=1S/C15H12O4/c1-10(16)14-12(17)7-8-13(18)15(14)19-9-11-5-3-2-4-6-11/h2-8H,9H2,1H3. The first-order valence-electron chi connectivity index (χ1n) is 5.78. The second kappa shape index (κ2) is 5.44. The van der Waals surface area contributed by atoms with Gasteiger partial charge in [0.2, 0.25) is 5.78 Å². The van der Waals surface area contributed by atoms with Gasteiger partial charge in [-0.2, -0.15) is 0 Å². The molecule has 0 atom stereocenters. The summed E-state index contributed by atoms with van der Waals surface area (Å²) in [7, 11) is 0. The number of ketones is 3. The van der Waals surface area contributed by atoms with Gasteiger partial charge in [0.05, 0.1) is 0 Å². The van der Waals surface area contributed by atoms with Gasteiger partial charge in [-0.25, -0.2) is 0 Å². The molecule has 1 aliphatic rings. The highest BCUT2D eigenvalue weighted by Gasteiger charge is 2.27. The molecule has 4 nitrogen and oxygen atoms in total. The van der Waals surface area contributed by atoms with Gasteiger partial charge in [-0.15, -0.1) is 0 Å². The number of Topliss-reactive ketones (excluding diaryl/α,β-unsaturated/α-hetero) is 1. The van der Waals surface area contributed by atoms with Gasteiger partial charge >= 0.3 is 0 Å². The van der Waals surface area contributed by atoms with E-state index in [1.54, 1.807) is 0 Å². The summed E-state index contributed by atoms with van der Waals surface area (Å²) in [5.41, 5.74) is 0.677. The van der Waals surface area contributed by atoms with E-state index in [9.17, 15) is 14.4 Å². The number of allylic oxidation sites excluding steroid dienone is 3. The molecule has 0 aliphatic heterocycles. The molecule has 1 aromatic carbocycles. The summed E-state index contributed by atoms with van der Waals surface area (Å²) in [5, 5.41) is 0. The molecule has 1 aliphatic carbocycles. The molecule has 0 unspecified atom stereocenters. The van der Waals surface area contributed by atoms with Crippen LogP contribution in [0.15, 0.2) is 53.8 Å². The topological polar surface area (TPSA) is 60.4 Å². The van der Waals surface area contributed by atoms with E-state index in [2.05, 4.69) is 0 Å². The molecule has 0 fully saturated rings. The highest BCUT2D eigenvalue weighted by Crippen LogP contribution is 2.18. The lowest BCUT2D eigenvalue weighted by Crippen LogP contribution is -2.21. The van der Waals surface area contributed by atoms with Gasteiger partial charge in [0.15, 0.2) is 17.3 Å². The molecule has 96 valence electrons. The van der Waals surface area contributed by atoms with Gasteiger partial charge in [-0.1, -0.05) is 30.3 Å². The molecule has 1 aromatic rings. The summed E-state index contributed by atoms with van der Waals surface area (Å²) in [6, 6.07) is 9.21. The zero-order valence-corrected chi connectivity index (χ0v) is 10.4. The quantitative estimate of drug-likeness (QED) is 0.608. The third-order valence-electron chi connectivity index (χ3n) is 2.66. The summed E-state index contributed by atoms with van der Waals surface area (Å²) >= 11 is 0. The maximum absolute atomic E-state index is 11.7. The molecule has 2 rings (SSSR count). The number of rotatable bonds is 4. The van der Waals surface area contributed by atoms with E-state index < -0.39 is 17.3 Å². The maximum Gasteiger partial charge on any atom is 0.221 e. The first-order valence-corrected chi connectivity index (χ1v) is 5.78. The normalized spacial score (nSPS) is 14.8. The molecule has 0 spiro atoms. The van der Waals surface area contributed by atoms with Crippen LogP contribution in [-0.4, -0.2) is 17.3 Å². The van der Waals surface area contributed by atoms with Crippen LogP contribution in [0, 0.1) is 0 Å². The first kappa shape index (κ1) is 13.0. The van der Waals surface area contributed by atoms with Crippen LogP contribution in [0.25, 0.3) is 0 Å². The van der Waals surface area contributed by atoms with E-state index in [0.717, 1.165) is 17.7 Å². The van der Waals surface area contributed by atoms with Crippen molar-refractivity contribution in [3.8, 4) is 0 Å². The van der Waals surface area contributed by atoms with Gasteiger partial charge in [-0.3, -0.25) is 14.4 Å². The molecular formula is C15H12O4. The van der Waals surface area contributed by atoms with Crippen LogP contribution in [0.2, 0.25) is 0 Å². The second-order valence-corrected chi connectivity index (χ2v) is 4.10. The smallest absolute Gasteiger partial charge is 0.221 e. The van der Waals surface area contributed by atoms with Crippen molar-refractivity contribution >= 4 is 17.3 Å². The lowest BCUT2D eigenvalue weighted by atomic mass is 9.98. The van der Waals surface area contributed by atoms with Crippen molar-refractivity contribution in [1.29, 1.82) is 0 Å². The Hall–Kier alpha value is -2.49. The molecule has 19 heavy (non-hydrogen) atoms. The molecule has 0 N–H and O–H groups in total. The fraction of sp³-hybridized carbons (Fsp3) is 0.133. The Morgan fingerprint density at radius 2 is 1.68 bits per heavy atom. The minimum absolute atomic E-state index is 0.139.